The highest BCUT2D eigenvalue weighted by molar-refractivity contribution is 6.29. The lowest BCUT2D eigenvalue weighted by Gasteiger charge is -2.29. The third kappa shape index (κ3) is 2.97. The van der Waals surface area contributed by atoms with Gasteiger partial charge in [-0.3, -0.25) is 0 Å². The van der Waals surface area contributed by atoms with Crippen LogP contribution in [0.15, 0.2) is 36.7 Å². The van der Waals surface area contributed by atoms with Gasteiger partial charge in [-0.2, -0.15) is 0 Å². The van der Waals surface area contributed by atoms with Crippen LogP contribution in [0.3, 0.4) is 0 Å². The van der Waals surface area contributed by atoms with Gasteiger partial charge in [-0.15, -0.1) is 0 Å². The molecule has 3 heterocycles. The molecular formula is C18H20ClN5. The highest BCUT2D eigenvalue weighted by Gasteiger charge is 2.22. The van der Waals surface area contributed by atoms with Crippen molar-refractivity contribution in [1.29, 1.82) is 0 Å². The molecule has 5 nitrogen and oxygen atoms in total. The van der Waals surface area contributed by atoms with Gasteiger partial charge < -0.3 is 16.0 Å². The summed E-state index contributed by atoms with van der Waals surface area (Å²) >= 11 is 6.26. The smallest absolute Gasteiger partial charge is 0.137 e. The van der Waals surface area contributed by atoms with E-state index in [1.54, 1.807) is 6.20 Å². The molecule has 0 aromatic carbocycles. The fraction of sp³-hybridized carbons (Fsp3) is 0.333. The van der Waals surface area contributed by atoms with Crippen molar-refractivity contribution in [2.24, 2.45) is 5.73 Å². The van der Waals surface area contributed by atoms with Crippen molar-refractivity contribution in [1.82, 2.24) is 15.0 Å². The zero-order valence-electron chi connectivity index (χ0n) is 13.3. The first-order chi connectivity index (χ1) is 11.7. The summed E-state index contributed by atoms with van der Waals surface area (Å²) in [6, 6.07) is 8.31. The van der Waals surface area contributed by atoms with Gasteiger partial charge in [0.15, 0.2) is 0 Å². The summed E-state index contributed by atoms with van der Waals surface area (Å²) in [6.45, 7) is 0. The topological polar surface area (TPSA) is 79.6 Å². The van der Waals surface area contributed by atoms with Gasteiger partial charge >= 0.3 is 0 Å². The molecule has 0 amide bonds. The van der Waals surface area contributed by atoms with E-state index in [1.165, 1.54) is 12.8 Å². The van der Waals surface area contributed by atoms with Crippen molar-refractivity contribution < 1.29 is 0 Å². The van der Waals surface area contributed by atoms with Crippen LogP contribution in [-0.4, -0.2) is 27.0 Å². The van der Waals surface area contributed by atoms with Gasteiger partial charge in [-0.05, 0) is 42.7 Å². The van der Waals surface area contributed by atoms with E-state index in [4.69, 9.17) is 17.3 Å². The molecule has 24 heavy (non-hydrogen) atoms. The Bertz CT molecular complexity index is 859. The van der Waals surface area contributed by atoms with Gasteiger partial charge in [0.05, 0.1) is 0 Å². The van der Waals surface area contributed by atoms with Crippen LogP contribution in [-0.2, 0) is 0 Å². The van der Waals surface area contributed by atoms with E-state index in [9.17, 15) is 0 Å². The molecular weight excluding hydrogens is 322 g/mol. The fourth-order valence-corrected chi connectivity index (χ4v) is 3.66. The number of aromatic amines is 1. The Morgan fingerprint density at radius 3 is 3.00 bits per heavy atom. The minimum atomic E-state index is 0.167. The van der Waals surface area contributed by atoms with Crippen molar-refractivity contribution in [2.75, 3.05) is 5.32 Å². The molecule has 4 rings (SSSR count). The number of nitrogens with one attached hydrogen (secondary N) is 2. The predicted molar refractivity (Wildman–Crippen MR) is 98.2 cm³/mol. The minimum Gasteiger partial charge on any atom is -0.366 e. The summed E-state index contributed by atoms with van der Waals surface area (Å²) in [6.07, 6.45) is 8.27. The van der Waals surface area contributed by atoms with Crippen molar-refractivity contribution in [2.45, 2.75) is 37.8 Å². The molecule has 0 bridgehead atoms. The number of halogens is 1. The number of pyridine rings is 2. The summed E-state index contributed by atoms with van der Waals surface area (Å²) in [5, 5.41) is 5.02. The van der Waals surface area contributed by atoms with E-state index in [0.717, 1.165) is 40.8 Å². The molecule has 1 fully saturated rings. The Morgan fingerprint density at radius 2 is 2.12 bits per heavy atom. The van der Waals surface area contributed by atoms with Gasteiger partial charge in [0.1, 0.15) is 16.6 Å². The summed E-state index contributed by atoms with van der Waals surface area (Å²) in [5.74, 6) is 0.776. The third-order valence-corrected chi connectivity index (χ3v) is 4.90. The van der Waals surface area contributed by atoms with Crippen LogP contribution in [0.4, 0.5) is 5.82 Å². The van der Waals surface area contributed by atoms with E-state index in [-0.39, 0.29) is 12.1 Å². The van der Waals surface area contributed by atoms with Crippen molar-refractivity contribution >= 4 is 28.5 Å². The molecule has 0 radical (unpaired) electrons. The standard InChI is InChI=1S/C18H20ClN5/c19-16-8-11(13-10-22-18-12(13)4-3-7-21-18)9-17(24-16)23-15-6-2-1-5-14(15)20/h3-4,7-10,14-15H,1-2,5-6,20H2,(H,21,22)(H,23,24)/t14-,15-/m0/s1. The maximum Gasteiger partial charge on any atom is 0.137 e. The van der Waals surface area contributed by atoms with Gasteiger partial charge in [0.2, 0.25) is 0 Å². The van der Waals surface area contributed by atoms with Gasteiger partial charge in [0.25, 0.3) is 0 Å². The normalized spacial score (nSPS) is 21.1. The second-order valence-electron chi connectivity index (χ2n) is 6.36. The second kappa shape index (κ2) is 6.42. The lowest BCUT2D eigenvalue weighted by atomic mass is 9.91. The highest BCUT2D eigenvalue weighted by atomic mass is 35.5. The van der Waals surface area contributed by atoms with Crippen molar-refractivity contribution in [3.8, 4) is 11.1 Å². The number of nitrogens with zero attached hydrogens (tertiary/aromatic N) is 2. The summed E-state index contributed by atoms with van der Waals surface area (Å²) in [4.78, 5) is 12.0. The van der Waals surface area contributed by atoms with E-state index in [0.29, 0.717) is 5.15 Å². The first-order valence-electron chi connectivity index (χ1n) is 8.33. The number of anilines is 1. The quantitative estimate of drug-likeness (QED) is 0.630. The van der Waals surface area contributed by atoms with Crippen LogP contribution < -0.4 is 11.1 Å². The third-order valence-electron chi connectivity index (χ3n) is 4.71. The van der Waals surface area contributed by atoms with Crippen LogP contribution in [0.5, 0.6) is 0 Å². The molecule has 124 valence electrons. The summed E-state index contributed by atoms with van der Waals surface area (Å²) in [5.41, 5.74) is 9.18. The number of fused-ring (bicyclic) bond motifs is 1. The van der Waals surface area contributed by atoms with Gasteiger partial charge in [0, 0.05) is 35.4 Å². The molecule has 1 saturated carbocycles. The van der Waals surface area contributed by atoms with Gasteiger partial charge in [-0.25, -0.2) is 9.97 Å². The van der Waals surface area contributed by atoms with E-state index in [2.05, 4.69) is 20.3 Å². The predicted octanol–water partition coefficient (Wildman–Crippen LogP) is 3.96. The van der Waals surface area contributed by atoms with Crippen LogP contribution in [0.1, 0.15) is 25.7 Å². The minimum absolute atomic E-state index is 0.167. The Kier molecular flexibility index (Phi) is 4.12. The number of aromatic nitrogens is 3. The largest absolute Gasteiger partial charge is 0.366 e. The maximum atomic E-state index is 6.26. The molecule has 0 saturated heterocycles. The molecule has 1 aliphatic rings. The molecule has 2 atom stereocenters. The first kappa shape index (κ1) is 15.4. The summed E-state index contributed by atoms with van der Waals surface area (Å²) in [7, 11) is 0. The van der Waals surface area contributed by atoms with E-state index in [1.807, 2.05) is 30.5 Å². The van der Waals surface area contributed by atoms with Crippen LogP contribution in [0.25, 0.3) is 22.2 Å². The lowest BCUT2D eigenvalue weighted by Crippen LogP contribution is -2.42. The number of H-pyrrole nitrogens is 1. The van der Waals surface area contributed by atoms with Crippen molar-refractivity contribution in [3.63, 3.8) is 0 Å². The SMILES string of the molecule is N[C@H]1CCCC[C@@H]1Nc1cc(-c2c[nH]c3ncccc23)cc(Cl)n1. The fourth-order valence-electron chi connectivity index (χ4n) is 3.45. The molecule has 1 aliphatic carbocycles. The molecule has 3 aromatic rings. The zero-order chi connectivity index (χ0) is 16.5. The average molecular weight is 342 g/mol. The Balaban J connectivity index is 1.68. The monoisotopic (exact) mass is 341 g/mol. The second-order valence-corrected chi connectivity index (χ2v) is 6.75. The van der Waals surface area contributed by atoms with E-state index < -0.39 is 0 Å². The molecule has 0 aliphatic heterocycles. The Labute approximate surface area is 145 Å². The van der Waals surface area contributed by atoms with Gasteiger partial charge in [-0.1, -0.05) is 24.4 Å². The molecule has 6 heteroatoms. The Morgan fingerprint density at radius 1 is 1.25 bits per heavy atom. The lowest BCUT2D eigenvalue weighted by molar-refractivity contribution is 0.403. The van der Waals surface area contributed by atoms with Crippen molar-refractivity contribution in [3.05, 3.63) is 41.8 Å². The van der Waals surface area contributed by atoms with E-state index >= 15 is 0 Å². The highest BCUT2D eigenvalue weighted by Crippen LogP contribution is 2.31. The molecule has 0 spiro atoms. The Hall–Kier alpha value is -2.11. The van der Waals surface area contributed by atoms with Crippen LogP contribution in [0.2, 0.25) is 5.15 Å². The first-order valence-corrected chi connectivity index (χ1v) is 8.71. The van der Waals surface area contributed by atoms with Crippen LogP contribution in [0, 0.1) is 0 Å². The molecule has 0 unspecified atom stereocenters. The number of rotatable bonds is 3. The average Bonchev–Trinajstić information content (AvgIpc) is 3.01. The number of hydrogen-bond donors (Lipinski definition) is 3. The molecule has 4 N–H and O–H groups in total. The number of nitrogens with two attached hydrogens (primary N) is 1. The maximum absolute atomic E-state index is 6.26. The zero-order valence-corrected chi connectivity index (χ0v) is 14.1. The van der Waals surface area contributed by atoms with Crippen LogP contribution >= 0.6 is 11.6 Å². The molecule has 3 aromatic heterocycles. The summed E-state index contributed by atoms with van der Waals surface area (Å²) < 4.78 is 0. The number of hydrogen-bond acceptors (Lipinski definition) is 4.